The minimum atomic E-state index is -0.724. The molecule has 4 heteroatoms. The normalized spacial score (nSPS) is 15.4. The SMILES string of the molecule is CCCCOCCNCC(C)S(C)=O. The third-order valence-electron chi connectivity index (χ3n) is 2.06. The molecule has 0 aliphatic rings. The summed E-state index contributed by atoms with van der Waals surface area (Å²) >= 11 is 0. The van der Waals surface area contributed by atoms with Gasteiger partial charge in [-0.3, -0.25) is 4.21 Å². The first-order valence-corrected chi connectivity index (χ1v) is 6.91. The summed E-state index contributed by atoms with van der Waals surface area (Å²) in [4.78, 5) is 0. The van der Waals surface area contributed by atoms with Gasteiger partial charge in [0.05, 0.1) is 6.61 Å². The van der Waals surface area contributed by atoms with Crippen molar-refractivity contribution in [2.24, 2.45) is 0 Å². The fraction of sp³-hybridized carbons (Fsp3) is 1.00. The van der Waals surface area contributed by atoms with Crippen molar-refractivity contribution in [1.29, 1.82) is 0 Å². The zero-order chi connectivity index (χ0) is 10.8. The third kappa shape index (κ3) is 8.66. The van der Waals surface area contributed by atoms with Crippen LogP contribution in [0.5, 0.6) is 0 Å². The summed E-state index contributed by atoms with van der Waals surface area (Å²) in [7, 11) is -0.724. The Morgan fingerprint density at radius 2 is 2.14 bits per heavy atom. The van der Waals surface area contributed by atoms with Crippen LogP contribution in [0.15, 0.2) is 0 Å². The average Bonchev–Trinajstić information content (AvgIpc) is 2.16. The lowest BCUT2D eigenvalue weighted by molar-refractivity contribution is 0.133. The maximum Gasteiger partial charge on any atom is 0.0590 e. The highest BCUT2D eigenvalue weighted by Gasteiger charge is 2.03. The van der Waals surface area contributed by atoms with Gasteiger partial charge in [0.1, 0.15) is 0 Å². The molecule has 0 radical (unpaired) electrons. The van der Waals surface area contributed by atoms with Crippen molar-refractivity contribution >= 4 is 10.8 Å². The Kier molecular flexibility index (Phi) is 9.67. The summed E-state index contributed by atoms with van der Waals surface area (Å²) in [5.41, 5.74) is 0. The second-order valence-corrected chi connectivity index (χ2v) is 5.28. The lowest BCUT2D eigenvalue weighted by Gasteiger charge is -2.09. The van der Waals surface area contributed by atoms with Gasteiger partial charge >= 0.3 is 0 Å². The first-order valence-electron chi connectivity index (χ1n) is 5.29. The molecule has 0 saturated carbocycles. The average molecular weight is 221 g/mol. The standard InChI is InChI=1S/C10H23NO2S/c1-4-5-7-13-8-6-11-9-10(2)14(3)12/h10-11H,4-9H2,1-3H3. The highest BCUT2D eigenvalue weighted by atomic mass is 32.2. The van der Waals surface area contributed by atoms with Crippen molar-refractivity contribution in [3.05, 3.63) is 0 Å². The van der Waals surface area contributed by atoms with E-state index in [-0.39, 0.29) is 5.25 Å². The minimum Gasteiger partial charge on any atom is -0.380 e. The van der Waals surface area contributed by atoms with Crippen LogP contribution in [0.4, 0.5) is 0 Å². The predicted octanol–water partition coefficient (Wildman–Crippen LogP) is 1.16. The number of hydrogen-bond acceptors (Lipinski definition) is 3. The Hall–Kier alpha value is 0.0700. The molecule has 0 fully saturated rings. The molecule has 0 aromatic rings. The van der Waals surface area contributed by atoms with Gasteiger partial charge in [-0.15, -0.1) is 0 Å². The number of hydrogen-bond donors (Lipinski definition) is 1. The van der Waals surface area contributed by atoms with Crippen molar-refractivity contribution in [2.45, 2.75) is 31.9 Å². The predicted molar refractivity (Wildman–Crippen MR) is 62.1 cm³/mol. The van der Waals surface area contributed by atoms with E-state index in [0.29, 0.717) is 0 Å². The quantitative estimate of drug-likeness (QED) is 0.594. The molecule has 1 N–H and O–H groups in total. The molecule has 0 saturated heterocycles. The van der Waals surface area contributed by atoms with E-state index in [2.05, 4.69) is 12.2 Å². The van der Waals surface area contributed by atoms with E-state index in [1.165, 1.54) is 6.42 Å². The van der Waals surface area contributed by atoms with Crippen LogP contribution in [0.3, 0.4) is 0 Å². The molecule has 2 atom stereocenters. The lowest BCUT2D eigenvalue weighted by atomic mass is 10.4. The van der Waals surface area contributed by atoms with E-state index in [4.69, 9.17) is 4.74 Å². The van der Waals surface area contributed by atoms with Crippen molar-refractivity contribution in [1.82, 2.24) is 5.32 Å². The molecule has 86 valence electrons. The van der Waals surface area contributed by atoms with E-state index >= 15 is 0 Å². The summed E-state index contributed by atoms with van der Waals surface area (Å²) < 4.78 is 16.4. The molecule has 0 aliphatic carbocycles. The van der Waals surface area contributed by atoms with Gasteiger partial charge in [-0.2, -0.15) is 0 Å². The number of rotatable bonds is 9. The topological polar surface area (TPSA) is 38.3 Å². The maximum absolute atomic E-state index is 11.0. The first kappa shape index (κ1) is 14.1. The van der Waals surface area contributed by atoms with E-state index in [9.17, 15) is 4.21 Å². The van der Waals surface area contributed by atoms with Crippen LogP contribution in [0.25, 0.3) is 0 Å². The van der Waals surface area contributed by atoms with Crippen LogP contribution in [0.2, 0.25) is 0 Å². The van der Waals surface area contributed by atoms with Crippen LogP contribution in [0.1, 0.15) is 26.7 Å². The van der Waals surface area contributed by atoms with Gasteiger partial charge in [0.2, 0.25) is 0 Å². The largest absolute Gasteiger partial charge is 0.380 e. The van der Waals surface area contributed by atoms with Gasteiger partial charge in [-0.05, 0) is 13.3 Å². The highest BCUT2D eigenvalue weighted by molar-refractivity contribution is 7.84. The van der Waals surface area contributed by atoms with Crippen molar-refractivity contribution in [2.75, 3.05) is 32.6 Å². The van der Waals surface area contributed by atoms with Crippen LogP contribution < -0.4 is 5.32 Å². The van der Waals surface area contributed by atoms with Gasteiger partial charge in [0.15, 0.2) is 0 Å². The molecule has 14 heavy (non-hydrogen) atoms. The molecule has 0 spiro atoms. The lowest BCUT2D eigenvalue weighted by Crippen LogP contribution is -2.30. The van der Waals surface area contributed by atoms with Crippen molar-refractivity contribution in [3.8, 4) is 0 Å². The van der Waals surface area contributed by atoms with Crippen molar-refractivity contribution < 1.29 is 8.95 Å². The Bertz CT molecular complexity index is 153. The van der Waals surface area contributed by atoms with Gasteiger partial charge < -0.3 is 10.1 Å². The Labute approximate surface area is 90.1 Å². The van der Waals surface area contributed by atoms with E-state index < -0.39 is 10.8 Å². The number of nitrogens with one attached hydrogen (secondary N) is 1. The highest BCUT2D eigenvalue weighted by Crippen LogP contribution is 1.89. The molecule has 0 heterocycles. The molecular formula is C10H23NO2S. The Morgan fingerprint density at radius 3 is 2.71 bits per heavy atom. The summed E-state index contributed by atoms with van der Waals surface area (Å²) in [5, 5.41) is 3.45. The maximum atomic E-state index is 11.0. The second kappa shape index (κ2) is 9.62. The smallest absolute Gasteiger partial charge is 0.0590 e. The summed E-state index contributed by atoms with van der Waals surface area (Å²) in [5.74, 6) is 0. The third-order valence-corrected chi connectivity index (χ3v) is 3.36. The zero-order valence-electron chi connectivity index (χ0n) is 9.54. The van der Waals surface area contributed by atoms with Crippen LogP contribution >= 0.6 is 0 Å². The van der Waals surface area contributed by atoms with Gasteiger partial charge in [-0.25, -0.2) is 0 Å². The minimum absolute atomic E-state index is 0.227. The molecule has 3 nitrogen and oxygen atoms in total. The van der Waals surface area contributed by atoms with Crippen LogP contribution in [-0.2, 0) is 15.5 Å². The Balaban J connectivity index is 3.09. The zero-order valence-corrected chi connectivity index (χ0v) is 10.4. The molecule has 0 aromatic carbocycles. The number of unbranched alkanes of at least 4 members (excludes halogenated alkanes) is 1. The molecular weight excluding hydrogens is 198 g/mol. The van der Waals surface area contributed by atoms with E-state index in [0.717, 1.165) is 32.7 Å². The second-order valence-electron chi connectivity index (χ2n) is 3.48. The monoisotopic (exact) mass is 221 g/mol. The molecule has 0 bridgehead atoms. The summed E-state index contributed by atoms with van der Waals surface area (Å²) in [6.45, 7) is 7.41. The van der Waals surface area contributed by atoms with Gasteiger partial charge in [-0.1, -0.05) is 13.3 Å². The molecule has 0 rings (SSSR count). The number of ether oxygens (including phenoxy) is 1. The molecule has 0 aliphatic heterocycles. The molecule has 2 unspecified atom stereocenters. The van der Waals surface area contributed by atoms with Crippen LogP contribution in [-0.4, -0.2) is 42.0 Å². The summed E-state index contributed by atoms with van der Waals surface area (Å²) in [6, 6.07) is 0. The Morgan fingerprint density at radius 1 is 1.43 bits per heavy atom. The van der Waals surface area contributed by atoms with Crippen LogP contribution in [0, 0.1) is 0 Å². The first-order chi connectivity index (χ1) is 6.68. The van der Waals surface area contributed by atoms with Crippen molar-refractivity contribution in [3.63, 3.8) is 0 Å². The van der Waals surface area contributed by atoms with E-state index in [1.807, 2.05) is 6.92 Å². The summed E-state index contributed by atoms with van der Waals surface area (Å²) in [6.07, 6.45) is 4.05. The van der Waals surface area contributed by atoms with Gasteiger partial charge in [0, 0.05) is 42.0 Å². The molecule has 0 amide bonds. The fourth-order valence-corrected chi connectivity index (χ4v) is 1.27. The van der Waals surface area contributed by atoms with Gasteiger partial charge in [0.25, 0.3) is 0 Å². The molecule has 0 aromatic heterocycles. The van der Waals surface area contributed by atoms with E-state index in [1.54, 1.807) is 6.26 Å². The fourth-order valence-electron chi connectivity index (χ4n) is 0.915.